The number of nitrogens with one attached hydrogen (secondary N) is 2. The highest BCUT2D eigenvalue weighted by Crippen LogP contribution is 2.25. The van der Waals surface area contributed by atoms with Crippen LogP contribution in [-0.4, -0.2) is 130 Å². The van der Waals surface area contributed by atoms with E-state index in [0.29, 0.717) is 6.54 Å². The first-order chi connectivity index (χ1) is 19.7. The summed E-state index contributed by atoms with van der Waals surface area (Å²) >= 11 is 1.54. The zero-order valence-corrected chi connectivity index (χ0v) is 24.3. The lowest BCUT2D eigenvalue weighted by Gasteiger charge is -2.35. The highest BCUT2D eigenvalue weighted by atomic mass is 32.2. The van der Waals surface area contributed by atoms with Crippen LogP contribution in [-0.2, 0) is 14.3 Å². The molecule has 218 valence electrons. The average Bonchev–Trinajstić information content (AvgIpc) is 3.01. The van der Waals surface area contributed by atoms with E-state index < -0.39 is 0 Å². The standard InChI is InChI=1S/C28H42N8O3S/c1-40-28-31-25(30-23-3-5-24(6-4-23)35-15-19-39-20-16-35)21-26(32-28)36-11-9-34(10-12-36)22-27(37)29-7-2-8-33-13-17-38-18-14-33/h3-6,21H,2,7-20,22H2,1H3,(H,29,37)(H,30,31,32). The lowest BCUT2D eigenvalue weighted by Crippen LogP contribution is -2.50. The van der Waals surface area contributed by atoms with Crippen LogP contribution in [0.5, 0.6) is 0 Å². The van der Waals surface area contributed by atoms with E-state index >= 15 is 0 Å². The molecule has 11 nitrogen and oxygen atoms in total. The molecule has 12 heteroatoms. The number of rotatable bonds is 11. The van der Waals surface area contributed by atoms with E-state index in [-0.39, 0.29) is 5.91 Å². The molecule has 0 bridgehead atoms. The molecule has 3 saturated heterocycles. The second-order valence-electron chi connectivity index (χ2n) is 10.3. The lowest BCUT2D eigenvalue weighted by molar-refractivity contribution is -0.122. The minimum atomic E-state index is 0.105. The molecule has 5 rings (SSSR count). The number of amides is 1. The third-order valence-corrected chi connectivity index (χ3v) is 8.08. The minimum Gasteiger partial charge on any atom is -0.379 e. The molecule has 1 aromatic heterocycles. The van der Waals surface area contributed by atoms with Gasteiger partial charge in [0, 0.05) is 76.3 Å². The van der Waals surface area contributed by atoms with Gasteiger partial charge in [0.1, 0.15) is 11.6 Å². The van der Waals surface area contributed by atoms with Crippen molar-refractivity contribution in [2.45, 2.75) is 11.6 Å². The molecule has 2 aromatic rings. The van der Waals surface area contributed by atoms with Gasteiger partial charge in [0.05, 0.1) is 33.0 Å². The molecule has 1 aromatic carbocycles. The first-order valence-corrected chi connectivity index (χ1v) is 15.6. The molecule has 3 aliphatic heterocycles. The quantitative estimate of drug-likeness (QED) is 0.235. The van der Waals surface area contributed by atoms with Gasteiger partial charge in [-0.15, -0.1) is 0 Å². The summed E-state index contributed by atoms with van der Waals surface area (Å²) in [6.07, 6.45) is 2.97. The van der Waals surface area contributed by atoms with Gasteiger partial charge in [-0.1, -0.05) is 11.8 Å². The van der Waals surface area contributed by atoms with Crippen molar-refractivity contribution in [2.75, 3.05) is 120 Å². The van der Waals surface area contributed by atoms with Gasteiger partial charge in [-0.2, -0.15) is 0 Å². The molecule has 4 heterocycles. The third-order valence-electron chi connectivity index (χ3n) is 7.53. The Morgan fingerprint density at radius 3 is 2.27 bits per heavy atom. The molecule has 0 saturated carbocycles. The minimum absolute atomic E-state index is 0.105. The fourth-order valence-corrected chi connectivity index (χ4v) is 5.58. The first kappa shape index (κ1) is 28.9. The number of anilines is 4. The van der Waals surface area contributed by atoms with Gasteiger partial charge in [0.15, 0.2) is 5.16 Å². The maximum Gasteiger partial charge on any atom is 0.234 e. The van der Waals surface area contributed by atoms with Crippen molar-refractivity contribution in [3.63, 3.8) is 0 Å². The van der Waals surface area contributed by atoms with Gasteiger partial charge >= 0.3 is 0 Å². The molecular formula is C28H42N8O3S. The van der Waals surface area contributed by atoms with Crippen molar-refractivity contribution in [2.24, 2.45) is 0 Å². The average molecular weight is 571 g/mol. The van der Waals surface area contributed by atoms with E-state index in [9.17, 15) is 4.79 Å². The van der Waals surface area contributed by atoms with Crippen LogP contribution in [0.25, 0.3) is 0 Å². The number of carbonyl (C=O) groups is 1. The predicted octanol–water partition coefficient (Wildman–Crippen LogP) is 1.74. The van der Waals surface area contributed by atoms with Crippen LogP contribution >= 0.6 is 11.8 Å². The molecule has 2 N–H and O–H groups in total. The summed E-state index contributed by atoms with van der Waals surface area (Å²) in [5, 5.41) is 7.29. The molecular weight excluding hydrogens is 528 g/mol. The SMILES string of the molecule is CSc1nc(Nc2ccc(N3CCOCC3)cc2)cc(N2CCN(CC(=O)NCCCN3CCOCC3)CC2)n1. The Balaban J connectivity index is 1.08. The number of thioether (sulfide) groups is 1. The van der Waals surface area contributed by atoms with Crippen LogP contribution in [0.15, 0.2) is 35.5 Å². The second kappa shape index (κ2) is 14.8. The zero-order chi connectivity index (χ0) is 27.6. The van der Waals surface area contributed by atoms with Crippen molar-refractivity contribution in [1.82, 2.24) is 25.1 Å². The predicted molar refractivity (Wildman–Crippen MR) is 160 cm³/mol. The largest absolute Gasteiger partial charge is 0.379 e. The van der Waals surface area contributed by atoms with Crippen molar-refractivity contribution in [3.05, 3.63) is 30.3 Å². The van der Waals surface area contributed by atoms with Crippen molar-refractivity contribution >= 4 is 40.7 Å². The number of hydrogen-bond acceptors (Lipinski definition) is 11. The number of morpholine rings is 2. The van der Waals surface area contributed by atoms with E-state index in [1.807, 2.05) is 12.3 Å². The van der Waals surface area contributed by atoms with Crippen LogP contribution < -0.4 is 20.4 Å². The third kappa shape index (κ3) is 8.43. The van der Waals surface area contributed by atoms with Crippen molar-refractivity contribution in [1.29, 1.82) is 0 Å². The molecule has 3 aliphatic rings. The monoisotopic (exact) mass is 570 g/mol. The number of piperazine rings is 1. The lowest BCUT2D eigenvalue weighted by atomic mass is 10.2. The summed E-state index contributed by atoms with van der Waals surface area (Å²) in [6, 6.07) is 10.5. The summed E-state index contributed by atoms with van der Waals surface area (Å²) in [4.78, 5) is 31.2. The van der Waals surface area contributed by atoms with Gasteiger partial charge < -0.3 is 29.9 Å². The fraction of sp³-hybridized carbons (Fsp3) is 0.607. The number of aromatic nitrogens is 2. The number of nitrogens with zero attached hydrogens (tertiary/aromatic N) is 6. The Morgan fingerprint density at radius 1 is 0.875 bits per heavy atom. The second-order valence-corrected chi connectivity index (χ2v) is 11.1. The van der Waals surface area contributed by atoms with E-state index in [4.69, 9.17) is 14.5 Å². The van der Waals surface area contributed by atoms with Gasteiger partial charge in [0.25, 0.3) is 0 Å². The Labute approximate surface area is 241 Å². The molecule has 3 fully saturated rings. The Morgan fingerprint density at radius 2 is 1.57 bits per heavy atom. The summed E-state index contributed by atoms with van der Waals surface area (Å²) < 4.78 is 10.9. The normalized spacial score (nSPS) is 19.0. The maximum absolute atomic E-state index is 12.5. The van der Waals surface area contributed by atoms with Crippen LogP contribution in [0.3, 0.4) is 0 Å². The maximum atomic E-state index is 12.5. The molecule has 1 amide bonds. The topological polar surface area (TPSA) is 98.3 Å². The van der Waals surface area contributed by atoms with E-state index in [1.165, 1.54) is 5.69 Å². The molecule has 0 aliphatic carbocycles. The van der Waals surface area contributed by atoms with Crippen LogP contribution in [0.1, 0.15) is 6.42 Å². The smallest absolute Gasteiger partial charge is 0.234 e. The van der Waals surface area contributed by atoms with Crippen molar-refractivity contribution < 1.29 is 14.3 Å². The molecule has 40 heavy (non-hydrogen) atoms. The van der Waals surface area contributed by atoms with E-state index in [2.05, 4.69) is 59.5 Å². The fourth-order valence-electron chi connectivity index (χ4n) is 5.20. The van der Waals surface area contributed by atoms with Gasteiger partial charge in [-0.25, -0.2) is 9.97 Å². The van der Waals surface area contributed by atoms with Gasteiger partial charge in [-0.05, 0) is 43.5 Å². The highest BCUT2D eigenvalue weighted by Gasteiger charge is 2.21. The molecule has 0 radical (unpaired) electrons. The first-order valence-electron chi connectivity index (χ1n) is 14.3. The summed E-state index contributed by atoms with van der Waals surface area (Å²) in [5.41, 5.74) is 2.20. The zero-order valence-electron chi connectivity index (χ0n) is 23.5. The molecule has 0 spiro atoms. The summed E-state index contributed by atoms with van der Waals surface area (Å²) in [5.74, 6) is 1.81. The summed E-state index contributed by atoms with van der Waals surface area (Å²) in [7, 11) is 0. The molecule has 0 unspecified atom stereocenters. The number of carbonyl (C=O) groups excluding carboxylic acids is 1. The Kier molecular flexibility index (Phi) is 10.7. The molecule has 0 atom stereocenters. The van der Waals surface area contributed by atoms with Crippen molar-refractivity contribution in [3.8, 4) is 0 Å². The van der Waals surface area contributed by atoms with Crippen LogP contribution in [0.2, 0.25) is 0 Å². The number of ether oxygens (including phenoxy) is 2. The summed E-state index contributed by atoms with van der Waals surface area (Å²) in [6.45, 7) is 12.5. The Hall–Kier alpha value is -2.64. The van der Waals surface area contributed by atoms with Gasteiger partial charge in [-0.3, -0.25) is 14.6 Å². The Bertz CT molecular complexity index is 1070. The highest BCUT2D eigenvalue weighted by molar-refractivity contribution is 7.98. The van der Waals surface area contributed by atoms with Crippen LogP contribution in [0.4, 0.5) is 23.0 Å². The number of benzene rings is 1. The van der Waals surface area contributed by atoms with Crippen LogP contribution in [0, 0.1) is 0 Å². The van der Waals surface area contributed by atoms with E-state index in [1.54, 1.807) is 11.8 Å². The number of hydrogen-bond donors (Lipinski definition) is 2. The van der Waals surface area contributed by atoms with Gasteiger partial charge in [0.2, 0.25) is 5.91 Å². The van der Waals surface area contributed by atoms with E-state index in [0.717, 1.165) is 121 Å².